The highest BCUT2D eigenvalue weighted by Gasteiger charge is 2.39. The van der Waals surface area contributed by atoms with Gasteiger partial charge in [0.05, 0.1) is 29.7 Å². The third kappa shape index (κ3) is 3.15. The van der Waals surface area contributed by atoms with Crippen LogP contribution in [0.2, 0.25) is 0 Å². The van der Waals surface area contributed by atoms with Crippen LogP contribution < -0.4 is 10.1 Å². The Labute approximate surface area is 186 Å². The van der Waals surface area contributed by atoms with Gasteiger partial charge in [-0.2, -0.15) is 5.26 Å². The van der Waals surface area contributed by atoms with Crippen molar-refractivity contribution in [3.05, 3.63) is 76.9 Å². The second-order valence-electron chi connectivity index (χ2n) is 8.73. The number of rotatable bonds is 0. The van der Waals surface area contributed by atoms with Crippen LogP contribution >= 0.6 is 0 Å². The van der Waals surface area contributed by atoms with Crippen molar-refractivity contribution >= 4 is 5.91 Å². The number of hydrogen-bond acceptors (Lipinski definition) is 5. The van der Waals surface area contributed by atoms with Crippen molar-refractivity contribution in [1.82, 2.24) is 19.8 Å². The maximum Gasteiger partial charge on any atom is 0.240 e. The average Bonchev–Trinajstić information content (AvgIpc) is 3.51. The average molecular weight is 425 g/mol. The van der Waals surface area contributed by atoms with Gasteiger partial charge in [0.15, 0.2) is 0 Å². The quantitative estimate of drug-likeness (QED) is 0.598. The summed E-state index contributed by atoms with van der Waals surface area (Å²) in [7, 11) is 0. The second kappa shape index (κ2) is 7.50. The molecular formula is C25H23N5O2. The van der Waals surface area contributed by atoms with Crippen LogP contribution in [0.4, 0.5) is 0 Å². The number of carbonyl (C=O) groups is 1. The Hall–Kier alpha value is -3.63. The summed E-state index contributed by atoms with van der Waals surface area (Å²) in [5.74, 6) is 1.41. The molecule has 1 saturated heterocycles. The third-order valence-corrected chi connectivity index (χ3v) is 6.85. The molecule has 0 saturated carbocycles. The van der Waals surface area contributed by atoms with E-state index in [4.69, 9.17) is 4.74 Å². The normalized spacial score (nSPS) is 21.7. The summed E-state index contributed by atoms with van der Waals surface area (Å²) in [6.07, 6.45) is 6.33. The number of aryl methyl sites for hydroxylation is 1. The number of amides is 1. The van der Waals surface area contributed by atoms with Gasteiger partial charge in [0, 0.05) is 25.8 Å². The van der Waals surface area contributed by atoms with E-state index in [9.17, 15) is 10.1 Å². The number of nitriles is 1. The van der Waals surface area contributed by atoms with Crippen LogP contribution in [0.5, 0.6) is 11.5 Å². The van der Waals surface area contributed by atoms with Crippen molar-refractivity contribution in [3.63, 3.8) is 0 Å². The first-order valence-corrected chi connectivity index (χ1v) is 11.1. The zero-order valence-electron chi connectivity index (χ0n) is 17.6. The molecule has 2 aliphatic heterocycles. The number of nitrogens with one attached hydrogen (secondary N) is 1. The largest absolute Gasteiger partial charge is 0.456 e. The van der Waals surface area contributed by atoms with Crippen LogP contribution in [-0.2, 0) is 24.3 Å². The van der Waals surface area contributed by atoms with Crippen molar-refractivity contribution in [1.29, 1.82) is 5.26 Å². The molecule has 3 aliphatic rings. The molecule has 2 aromatic carbocycles. The second-order valence-corrected chi connectivity index (χ2v) is 8.73. The molecule has 0 unspecified atom stereocenters. The first-order valence-electron chi connectivity index (χ1n) is 11.1. The van der Waals surface area contributed by atoms with Gasteiger partial charge in [0.1, 0.15) is 17.6 Å². The molecule has 3 heterocycles. The number of hydrogen-bond donors (Lipinski definition) is 1. The standard InChI is InChI=1S/C25H23N5O2/c26-11-18-2-1-16-9-24(18)32-20-5-3-17-4-6-23(21(17)10-20)30-8-7-22(25(30)31)28-13-19-12-27-15-29(19)14-16/h1-3,5,9-10,12,15,22-23,28H,4,6-8,13-14H2/t22-,23+/m0/s1. The number of aromatic nitrogens is 2. The molecule has 6 bridgehead atoms. The summed E-state index contributed by atoms with van der Waals surface area (Å²) in [6.45, 7) is 1.94. The van der Waals surface area contributed by atoms with Gasteiger partial charge in [0.25, 0.3) is 0 Å². The highest BCUT2D eigenvalue weighted by atomic mass is 16.5. The zero-order chi connectivity index (χ0) is 21.7. The fraction of sp³-hybridized carbons (Fsp3) is 0.320. The van der Waals surface area contributed by atoms with Crippen molar-refractivity contribution in [2.24, 2.45) is 0 Å². The van der Waals surface area contributed by atoms with Gasteiger partial charge in [0.2, 0.25) is 5.91 Å². The molecule has 7 nitrogen and oxygen atoms in total. The predicted molar refractivity (Wildman–Crippen MR) is 117 cm³/mol. The van der Waals surface area contributed by atoms with E-state index < -0.39 is 0 Å². The van der Waals surface area contributed by atoms with Crippen LogP contribution in [0.25, 0.3) is 0 Å². The summed E-state index contributed by atoms with van der Waals surface area (Å²) < 4.78 is 8.29. The lowest BCUT2D eigenvalue weighted by Crippen LogP contribution is -2.39. The molecule has 32 heavy (non-hydrogen) atoms. The van der Waals surface area contributed by atoms with Gasteiger partial charge in [-0.25, -0.2) is 4.98 Å². The topological polar surface area (TPSA) is 83.2 Å². The van der Waals surface area contributed by atoms with Crippen LogP contribution in [0.15, 0.2) is 48.9 Å². The maximum absolute atomic E-state index is 13.2. The lowest BCUT2D eigenvalue weighted by molar-refractivity contribution is -0.131. The van der Waals surface area contributed by atoms with Crippen LogP contribution in [-0.4, -0.2) is 32.9 Å². The SMILES string of the molecule is N#Cc1ccc2cc1Oc1ccc3c(c1)[C@@H](CC3)N1CC[C@H](NCc3cncn3C2)C1=O. The molecule has 160 valence electrons. The van der Waals surface area contributed by atoms with E-state index in [0.29, 0.717) is 30.2 Å². The number of ether oxygens (including phenoxy) is 1. The lowest BCUT2D eigenvalue weighted by Gasteiger charge is -2.26. The van der Waals surface area contributed by atoms with Crippen molar-refractivity contribution in [2.45, 2.75) is 44.4 Å². The molecular weight excluding hydrogens is 402 g/mol. The monoisotopic (exact) mass is 425 g/mol. The summed E-state index contributed by atoms with van der Waals surface area (Å²) >= 11 is 0. The van der Waals surface area contributed by atoms with E-state index in [0.717, 1.165) is 42.6 Å². The Balaban J connectivity index is 1.45. The fourth-order valence-electron chi connectivity index (χ4n) is 5.18. The number of nitrogens with zero attached hydrogens (tertiary/aromatic N) is 4. The lowest BCUT2D eigenvalue weighted by atomic mass is 10.1. The first-order chi connectivity index (χ1) is 15.7. The minimum Gasteiger partial charge on any atom is -0.456 e. The first kappa shape index (κ1) is 19.1. The zero-order valence-corrected chi connectivity index (χ0v) is 17.6. The molecule has 6 rings (SSSR count). The molecule has 1 aliphatic carbocycles. The summed E-state index contributed by atoms with van der Waals surface area (Å²) in [6, 6.07) is 13.9. The minimum atomic E-state index is -0.170. The molecule has 2 atom stereocenters. The molecule has 7 heteroatoms. The fourth-order valence-corrected chi connectivity index (χ4v) is 5.18. The Kier molecular flexibility index (Phi) is 4.47. The Morgan fingerprint density at radius 3 is 3.03 bits per heavy atom. The van der Waals surface area contributed by atoms with E-state index in [1.165, 1.54) is 5.56 Å². The molecule has 0 spiro atoms. The molecule has 1 amide bonds. The highest BCUT2D eigenvalue weighted by molar-refractivity contribution is 5.84. The maximum atomic E-state index is 13.2. The summed E-state index contributed by atoms with van der Waals surface area (Å²) in [4.78, 5) is 19.6. The molecule has 1 aromatic heterocycles. The van der Waals surface area contributed by atoms with Gasteiger partial charge >= 0.3 is 0 Å². The van der Waals surface area contributed by atoms with Crippen molar-refractivity contribution in [3.8, 4) is 17.6 Å². The van der Waals surface area contributed by atoms with Gasteiger partial charge in [-0.1, -0.05) is 12.1 Å². The summed E-state index contributed by atoms with van der Waals surface area (Å²) in [5, 5.41) is 13.1. The molecule has 3 aromatic rings. The predicted octanol–water partition coefficient (Wildman–Crippen LogP) is 3.29. The van der Waals surface area contributed by atoms with Gasteiger partial charge in [-0.15, -0.1) is 0 Å². The number of carbonyl (C=O) groups excluding carboxylic acids is 1. The van der Waals surface area contributed by atoms with E-state index in [1.54, 1.807) is 6.33 Å². The van der Waals surface area contributed by atoms with Crippen molar-refractivity contribution in [2.75, 3.05) is 6.54 Å². The van der Waals surface area contributed by atoms with Gasteiger partial charge < -0.3 is 19.5 Å². The minimum absolute atomic E-state index is 0.0769. The Morgan fingerprint density at radius 2 is 2.12 bits per heavy atom. The van der Waals surface area contributed by atoms with Crippen LogP contribution in [0.1, 0.15) is 46.8 Å². The molecule has 0 radical (unpaired) electrons. The Morgan fingerprint density at radius 1 is 1.19 bits per heavy atom. The van der Waals surface area contributed by atoms with Gasteiger partial charge in [-0.3, -0.25) is 4.79 Å². The van der Waals surface area contributed by atoms with Crippen molar-refractivity contribution < 1.29 is 9.53 Å². The Bertz CT molecular complexity index is 1260. The van der Waals surface area contributed by atoms with Crippen LogP contribution in [0.3, 0.4) is 0 Å². The summed E-state index contributed by atoms with van der Waals surface area (Å²) in [5.41, 5.74) is 4.97. The number of fused-ring (bicyclic) bond motifs is 7. The van der Waals surface area contributed by atoms with E-state index >= 15 is 0 Å². The molecule has 1 N–H and O–H groups in total. The third-order valence-electron chi connectivity index (χ3n) is 6.85. The van der Waals surface area contributed by atoms with E-state index in [2.05, 4.69) is 33.1 Å². The number of benzene rings is 2. The van der Waals surface area contributed by atoms with E-state index in [1.807, 2.05) is 35.4 Å². The number of imidazole rings is 1. The highest BCUT2D eigenvalue weighted by Crippen LogP contribution is 2.40. The smallest absolute Gasteiger partial charge is 0.240 e. The van der Waals surface area contributed by atoms with E-state index in [-0.39, 0.29) is 18.0 Å². The van der Waals surface area contributed by atoms with Gasteiger partial charge in [-0.05, 0) is 60.2 Å². The van der Waals surface area contributed by atoms with Crippen LogP contribution in [0, 0.1) is 11.3 Å². The molecule has 1 fully saturated rings.